The maximum absolute atomic E-state index is 12.5. The normalized spacial score (nSPS) is 22.0. The van der Waals surface area contributed by atoms with E-state index in [4.69, 9.17) is 9.15 Å². The Hall–Kier alpha value is -2.21. The fraction of sp³-hybridized carbons (Fsp3) is 0.526. The minimum atomic E-state index is -0.463. The molecule has 3 atom stereocenters. The van der Waals surface area contributed by atoms with Gasteiger partial charge in [-0.15, -0.1) is 0 Å². The van der Waals surface area contributed by atoms with Gasteiger partial charge in [-0.05, 0) is 38.3 Å². The number of furan rings is 1. The van der Waals surface area contributed by atoms with Crippen molar-refractivity contribution in [2.45, 2.75) is 39.3 Å². The van der Waals surface area contributed by atoms with E-state index in [0.29, 0.717) is 36.8 Å². The third-order valence-electron chi connectivity index (χ3n) is 4.80. The molecule has 6 heteroatoms. The lowest BCUT2D eigenvalue weighted by molar-refractivity contribution is 0.0429. The third kappa shape index (κ3) is 3.74. The molecule has 0 spiro atoms. The first kappa shape index (κ1) is 17.6. The van der Waals surface area contributed by atoms with Crippen molar-refractivity contribution in [3.63, 3.8) is 0 Å². The molecular formula is C19H26N2O4. The molecule has 0 aliphatic carbocycles. The van der Waals surface area contributed by atoms with E-state index in [1.54, 1.807) is 4.90 Å². The van der Waals surface area contributed by atoms with E-state index in [0.717, 1.165) is 11.8 Å². The monoisotopic (exact) mass is 346 g/mol. The molecule has 136 valence electrons. The van der Waals surface area contributed by atoms with Crippen LogP contribution < -0.4 is 10.1 Å². The summed E-state index contributed by atoms with van der Waals surface area (Å²) in [7, 11) is 0. The number of aliphatic hydroxyl groups is 1. The van der Waals surface area contributed by atoms with Crippen LogP contribution in [0.15, 0.2) is 28.7 Å². The molecule has 2 aromatic rings. The number of β-amino-alcohol motifs (C(OH)–C–C–N with tert-alkyl or cyclic N) is 1. The van der Waals surface area contributed by atoms with Crippen molar-refractivity contribution in [3.05, 3.63) is 30.0 Å². The second-order valence-electron chi connectivity index (χ2n) is 6.71. The van der Waals surface area contributed by atoms with Gasteiger partial charge in [-0.1, -0.05) is 19.1 Å². The molecule has 0 saturated carbocycles. The van der Waals surface area contributed by atoms with Gasteiger partial charge in [-0.3, -0.25) is 0 Å². The van der Waals surface area contributed by atoms with E-state index in [1.165, 1.54) is 0 Å². The fourth-order valence-corrected chi connectivity index (χ4v) is 3.12. The van der Waals surface area contributed by atoms with Crippen LogP contribution in [0.2, 0.25) is 0 Å². The van der Waals surface area contributed by atoms with Crippen molar-refractivity contribution >= 4 is 17.0 Å². The Bertz CT molecular complexity index is 742. The number of piperidine rings is 1. The molecule has 1 saturated heterocycles. The largest absolute Gasteiger partial charge is 0.490 e. The molecule has 0 bridgehead atoms. The van der Waals surface area contributed by atoms with Crippen molar-refractivity contribution in [2.24, 2.45) is 5.92 Å². The molecule has 0 radical (unpaired) electrons. The van der Waals surface area contributed by atoms with E-state index in [1.807, 2.05) is 45.0 Å². The van der Waals surface area contributed by atoms with Crippen molar-refractivity contribution < 1.29 is 19.1 Å². The van der Waals surface area contributed by atoms with Crippen LogP contribution in [0.5, 0.6) is 5.75 Å². The highest BCUT2D eigenvalue weighted by Crippen LogP contribution is 2.31. The van der Waals surface area contributed by atoms with E-state index in [2.05, 4.69) is 5.32 Å². The summed E-state index contributed by atoms with van der Waals surface area (Å²) in [6, 6.07) is 7.23. The number of hydrogen-bond donors (Lipinski definition) is 2. The van der Waals surface area contributed by atoms with Crippen molar-refractivity contribution in [1.29, 1.82) is 0 Å². The smallest absolute Gasteiger partial charge is 0.318 e. The lowest BCUT2D eigenvalue weighted by atomic mass is 9.96. The maximum atomic E-state index is 12.5. The molecule has 2 N–H and O–H groups in total. The lowest BCUT2D eigenvalue weighted by Gasteiger charge is -2.34. The zero-order valence-corrected chi connectivity index (χ0v) is 15.0. The number of likely N-dealkylation sites (tertiary alicyclic amines) is 1. The van der Waals surface area contributed by atoms with Crippen LogP contribution in [-0.4, -0.2) is 41.8 Å². The Kier molecular flexibility index (Phi) is 5.18. The summed E-state index contributed by atoms with van der Waals surface area (Å²) in [5, 5.41) is 13.9. The van der Waals surface area contributed by atoms with E-state index >= 15 is 0 Å². The first-order valence-corrected chi connectivity index (χ1v) is 8.88. The van der Waals surface area contributed by atoms with Crippen LogP contribution in [0.1, 0.15) is 39.0 Å². The van der Waals surface area contributed by atoms with Crippen LogP contribution in [-0.2, 0) is 0 Å². The zero-order valence-electron chi connectivity index (χ0n) is 15.0. The highest BCUT2D eigenvalue weighted by atomic mass is 16.5. The SMILES string of the molecule is CCOc1cccc2cc(C(C)NC(=O)N3CCC(C)C(O)C3)oc12. The standard InChI is InChI=1S/C19H26N2O4/c1-4-24-16-7-5-6-14-10-17(25-18(14)16)13(3)20-19(23)21-9-8-12(2)15(22)11-21/h5-7,10,12-13,15,22H,4,8-9,11H2,1-3H3,(H,20,23). The first-order valence-electron chi connectivity index (χ1n) is 8.88. The molecule has 1 aliphatic rings. The summed E-state index contributed by atoms with van der Waals surface area (Å²) in [5.74, 6) is 1.62. The molecule has 1 fully saturated rings. The van der Waals surface area contributed by atoms with E-state index < -0.39 is 6.10 Å². The number of carbonyl (C=O) groups is 1. The van der Waals surface area contributed by atoms with Crippen LogP contribution in [0.3, 0.4) is 0 Å². The number of amides is 2. The Balaban J connectivity index is 1.70. The molecule has 2 heterocycles. The van der Waals surface area contributed by atoms with E-state index in [9.17, 15) is 9.90 Å². The number of ether oxygens (including phenoxy) is 1. The summed E-state index contributed by atoms with van der Waals surface area (Å²) in [5.41, 5.74) is 0.697. The fourth-order valence-electron chi connectivity index (χ4n) is 3.12. The molecule has 2 amide bonds. The Labute approximate surface area is 147 Å². The number of rotatable bonds is 4. The van der Waals surface area contributed by atoms with Crippen molar-refractivity contribution in [1.82, 2.24) is 10.2 Å². The van der Waals surface area contributed by atoms with Gasteiger partial charge in [0.05, 0.1) is 18.8 Å². The highest BCUT2D eigenvalue weighted by Gasteiger charge is 2.28. The Morgan fingerprint density at radius 2 is 2.32 bits per heavy atom. The molecule has 3 rings (SSSR count). The topological polar surface area (TPSA) is 74.9 Å². The second kappa shape index (κ2) is 7.35. The molecule has 1 aliphatic heterocycles. The average Bonchev–Trinajstić information content (AvgIpc) is 3.03. The van der Waals surface area contributed by atoms with Crippen LogP contribution in [0, 0.1) is 5.92 Å². The second-order valence-corrected chi connectivity index (χ2v) is 6.71. The third-order valence-corrected chi connectivity index (χ3v) is 4.80. The zero-order chi connectivity index (χ0) is 18.0. The predicted octanol–water partition coefficient (Wildman–Crippen LogP) is 3.30. The number of benzene rings is 1. The number of urea groups is 1. The molecule has 1 aromatic carbocycles. The van der Waals surface area contributed by atoms with Gasteiger partial charge in [0, 0.05) is 18.5 Å². The van der Waals surface area contributed by atoms with Gasteiger partial charge in [0.2, 0.25) is 0 Å². The van der Waals surface area contributed by atoms with Crippen LogP contribution in [0.4, 0.5) is 4.79 Å². The van der Waals surface area contributed by atoms with Gasteiger partial charge in [-0.2, -0.15) is 0 Å². The van der Waals surface area contributed by atoms with Crippen LogP contribution in [0.25, 0.3) is 11.0 Å². The summed E-state index contributed by atoms with van der Waals surface area (Å²) in [6.45, 7) is 7.42. The van der Waals surface area contributed by atoms with Gasteiger partial charge >= 0.3 is 6.03 Å². The summed E-state index contributed by atoms with van der Waals surface area (Å²) in [4.78, 5) is 14.1. The molecular weight excluding hydrogens is 320 g/mol. The van der Waals surface area contributed by atoms with Crippen molar-refractivity contribution in [2.75, 3.05) is 19.7 Å². The van der Waals surface area contributed by atoms with Gasteiger partial charge in [0.15, 0.2) is 11.3 Å². The molecule has 1 aromatic heterocycles. The van der Waals surface area contributed by atoms with Gasteiger partial charge in [0.25, 0.3) is 0 Å². The number of nitrogens with one attached hydrogen (secondary N) is 1. The number of nitrogens with zero attached hydrogens (tertiary/aromatic N) is 1. The maximum Gasteiger partial charge on any atom is 0.318 e. The average molecular weight is 346 g/mol. The summed E-state index contributed by atoms with van der Waals surface area (Å²) < 4.78 is 11.5. The predicted molar refractivity (Wildman–Crippen MR) is 95.7 cm³/mol. The van der Waals surface area contributed by atoms with Gasteiger partial charge in [-0.25, -0.2) is 4.79 Å². The number of hydrogen-bond acceptors (Lipinski definition) is 4. The minimum Gasteiger partial charge on any atom is -0.490 e. The van der Waals surface area contributed by atoms with Gasteiger partial charge in [0.1, 0.15) is 5.76 Å². The molecule has 6 nitrogen and oxygen atoms in total. The highest BCUT2D eigenvalue weighted by molar-refractivity contribution is 5.84. The van der Waals surface area contributed by atoms with Gasteiger partial charge < -0.3 is 24.5 Å². The quantitative estimate of drug-likeness (QED) is 0.891. The number of carbonyl (C=O) groups excluding carboxylic acids is 1. The number of fused-ring (bicyclic) bond motifs is 1. The first-order chi connectivity index (χ1) is 12.0. The minimum absolute atomic E-state index is 0.177. The Morgan fingerprint density at radius 1 is 1.52 bits per heavy atom. The summed E-state index contributed by atoms with van der Waals surface area (Å²) in [6.07, 6.45) is 0.348. The molecule has 25 heavy (non-hydrogen) atoms. The molecule has 3 unspecified atom stereocenters. The Morgan fingerprint density at radius 3 is 3.04 bits per heavy atom. The van der Waals surface area contributed by atoms with Crippen LogP contribution >= 0.6 is 0 Å². The lowest BCUT2D eigenvalue weighted by Crippen LogP contribution is -2.50. The number of aliphatic hydroxyl groups excluding tert-OH is 1. The number of para-hydroxylation sites is 1. The van der Waals surface area contributed by atoms with E-state index in [-0.39, 0.29) is 18.0 Å². The summed E-state index contributed by atoms with van der Waals surface area (Å²) >= 11 is 0. The van der Waals surface area contributed by atoms with Crippen molar-refractivity contribution in [3.8, 4) is 5.75 Å².